The molecule has 1 amide bonds. The van der Waals surface area contributed by atoms with Gasteiger partial charge in [0, 0.05) is 11.4 Å². The Hall–Kier alpha value is -2.14. The number of rotatable bonds is 5. The maximum atomic E-state index is 11.9. The summed E-state index contributed by atoms with van der Waals surface area (Å²) in [5.41, 5.74) is 1.55. The Kier molecular flexibility index (Phi) is 4.53. The second-order valence-corrected chi connectivity index (χ2v) is 5.72. The third-order valence-electron chi connectivity index (χ3n) is 2.86. The molecule has 0 saturated carbocycles. The van der Waals surface area contributed by atoms with Gasteiger partial charge >= 0.3 is 5.97 Å². The van der Waals surface area contributed by atoms with Crippen molar-refractivity contribution >= 4 is 23.2 Å². The summed E-state index contributed by atoms with van der Waals surface area (Å²) < 4.78 is 0. The molecule has 2 aromatic rings. The van der Waals surface area contributed by atoms with Gasteiger partial charge in [0.15, 0.2) is 0 Å². The van der Waals surface area contributed by atoms with E-state index in [4.69, 9.17) is 5.11 Å². The van der Waals surface area contributed by atoms with Crippen LogP contribution in [-0.4, -0.2) is 17.0 Å². The minimum atomic E-state index is -0.877. The van der Waals surface area contributed by atoms with Gasteiger partial charge in [-0.1, -0.05) is 24.3 Å². The van der Waals surface area contributed by atoms with Gasteiger partial charge in [0.1, 0.15) is 0 Å². The summed E-state index contributed by atoms with van der Waals surface area (Å²) in [6.07, 6.45) is -0.0375. The predicted molar refractivity (Wildman–Crippen MR) is 78.0 cm³/mol. The maximum absolute atomic E-state index is 11.9. The number of amides is 1. The normalized spacial score (nSPS) is 10.2. The molecular formula is C15H15NO3S. The summed E-state index contributed by atoms with van der Waals surface area (Å²) in [6, 6.07) is 10.9. The molecule has 0 atom stereocenters. The Labute approximate surface area is 121 Å². The third kappa shape index (κ3) is 3.68. The standard InChI is InChI=1S/C15H15NO3S/c1-10-6-7-13(20-10)15(19)16-9-12-5-3-2-4-11(12)8-14(17)18/h2-7H,8-9H2,1H3,(H,16,19)(H,17,18). The maximum Gasteiger partial charge on any atom is 0.307 e. The molecule has 1 aromatic carbocycles. The summed E-state index contributed by atoms with van der Waals surface area (Å²) in [4.78, 5) is 24.5. The van der Waals surface area contributed by atoms with Gasteiger partial charge in [0.05, 0.1) is 11.3 Å². The molecule has 0 fully saturated rings. The van der Waals surface area contributed by atoms with Gasteiger partial charge in [-0.2, -0.15) is 0 Å². The number of carboxylic acids is 1. The van der Waals surface area contributed by atoms with Gasteiger partial charge in [-0.25, -0.2) is 0 Å². The van der Waals surface area contributed by atoms with Crippen LogP contribution < -0.4 is 5.32 Å². The van der Waals surface area contributed by atoms with Crippen molar-refractivity contribution < 1.29 is 14.7 Å². The van der Waals surface area contributed by atoms with Gasteiger partial charge in [-0.15, -0.1) is 11.3 Å². The Bertz CT molecular complexity index is 634. The number of hydrogen-bond acceptors (Lipinski definition) is 3. The fourth-order valence-electron chi connectivity index (χ4n) is 1.88. The Morgan fingerprint density at radius 1 is 1.15 bits per heavy atom. The average molecular weight is 289 g/mol. The highest BCUT2D eigenvalue weighted by molar-refractivity contribution is 7.13. The predicted octanol–water partition coefficient (Wildman–Crippen LogP) is 2.61. The van der Waals surface area contributed by atoms with E-state index >= 15 is 0 Å². The fraction of sp³-hybridized carbons (Fsp3) is 0.200. The van der Waals surface area contributed by atoms with Crippen LogP contribution >= 0.6 is 11.3 Å². The molecule has 0 bridgehead atoms. The molecule has 0 saturated heterocycles. The van der Waals surface area contributed by atoms with E-state index in [-0.39, 0.29) is 12.3 Å². The third-order valence-corrected chi connectivity index (χ3v) is 3.86. The van der Waals surface area contributed by atoms with Crippen molar-refractivity contribution in [2.75, 3.05) is 0 Å². The molecule has 2 N–H and O–H groups in total. The fourth-order valence-corrected chi connectivity index (χ4v) is 2.67. The number of benzene rings is 1. The summed E-state index contributed by atoms with van der Waals surface area (Å²) in [7, 11) is 0. The molecule has 5 heteroatoms. The van der Waals surface area contributed by atoms with Crippen molar-refractivity contribution in [3.05, 3.63) is 57.3 Å². The van der Waals surface area contributed by atoms with E-state index in [0.717, 1.165) is 16.0 Å². The highest BCUT2D eigenvalue weighted by atomic mass is 32.1. The van der Waals surface area contributed by atoms with Crippen molar-refractivity contribution in [2.24, 2.45) is 0 Å². The van der Waals surface area contributed by atoms with Crippen LogP contribution in [0.15, 0.2) is 36.4 Å². The number of thiophene rings is 1. The molecule has 104 valence electrons. The number of aryl methyl sites for hydroxylation is 1. The number of carbonyl (C=O) groups is 2. The van der Waals surface area contributed by atoms with Gasteiger partial charge in [0.25, 0.3) is 5.91 Å². The Morgan fingerprint density at radius 2 is 1.85 bits per heavy atom. The lowest BCUT2D eigenvalue weighted by atomic mass is 10.0. The molecule has 0 unspecified atom stereocenters. The lowest BCUT2D eigenvalue weighted by molar-refractivity contribution is -0.136. The van der Waals surface area contributed by atoms with Gasteiger partial charge in [-0.3, -0.25) is 9.59 Å². The van der Waals surface area contributed by atoms with Crippen molar-refractivity contribution in [1.29, 1.82) is 0 Å². The molecule has 1 aromatic heterocycles. The zero-order valence-electron chi connectivity index (χ0n) is 11.1. The number of nitrogens with one attached hydrogen (secondary N) is 1. The number of carbonyl (C=O) groups excluding carboxylic acids is 1. The second kappa shape index (κ2) is 6.34. The van der Waals surface area contributed by atoms with E-state index in [1.807, 2.05) is 25.1 Å². The molecule has 0 aliphatic rings. The lowest BCUT2D eigenvalue weighted by Gasteiger charge is -2.08. The van der Waals surface area contributed by atoms with E-state index in [1.165, 1.54) is 11.3 Å². The summed E-state index contributed by atoms with van der Waals surface area (Å²) in [6.45, 7) is 2.28. The number of carboxylic acid groups (broad SMARTS) is 1. The van der Waals surface area contributed by atoms with E-state index in [0.29, 0.717) is 11.4 Å². The van der Waals surface area contributed by atoms with Gasteiger partial charge in [-0.05, 0) is 30.2 Å². The Morgan fingerprint density at radius 3 is 2.45 bits per heavy atom. The largest absolute Gasteiger partial charge is 0.481 e. The molecule has 1 heterocycles. The first-order valence-corrected chi connectivity index (χ1v) is 7.01. The van der Waals surface area contributed by atoms with Crippen LogP contribution in [0.4, 0.5) is 0 Å². The highest BCUT2D eigenvalue weighted by Gasteiger charge is 2.10. The van der Waals surface area contributed by atoms with Crippen LogP contribution in [0.5, 0.6) is 0 Å². The van der Waals surface area contributed by atoms with Crippen LogP contribution in [-0.2, 0) is 17.8 Å². The minimum Gasteiger partial charge on any atom is -0.481 e. The topological polar surface area (TPSA) is 66.4 Å². The zero-order valence-corrected chi connectivity index (χ0v) is 11.9. The summed E-state index contributed by atoms with van der Waals surface area (Å²) in [5, 5.41) is 11.7. The lowest BCUT2D eigenvalue weighted by Crippen LogP contribution is -2.22. The van der Waals surface area contributed by atoms with Crippen molar-refractivity contribution in [3.8, 4) is 0 Å². The SMILES string of the molecule is Cc1ccc(C(=O)NCc2ccccc2CC(=O)O)s1. The molecule has 0 spiro atoms. The molecule has 4 nitrogen and oxygen atoms in total. The average Bonchev–Trinajstić information content (AvgIpc) is 2.83. The number of aliphatic carboxylic acids is 1. The van der Waals surface area contributed by atoms with Crippen LogP contribution in [0.1, 0.15) is 25.7 Å². The summed E-state index contributed by atoms with van der Waals surface area (Å²) >= 11 is 1.44. The molecular weight excluding hydrogens is 274 g/mol. The molecule has 0 aliphatic heterocycles. The smallest absolute Gasteiger partial charge is 0.307 e. The molecule has 0 aliphatic carbocycles. The quantitative estimate of drug-likeness (QED) is 0.889. The first-order chi connectivity index (χ1) is 9.56. The molecule has 20 heavy (non-hydrogen) atoms. The Balaban J connectivity index is 2.03. The second-order valence-electron chi connectivity index (χ2n) is 4.43. The van der Waals surface area contributed by atoms with Crippen molar-refractivity contribution in [1.82, 2.24) is 5.32 Å². The van der Waals surface area contributed by atoms with E-state index in [1.54, 1.807) is 18.2 Å². The van der Waals surface area contributed by atoms with Gasteiger partial charge in [0.2, 0.25) is 0 Å². The monoisotopic (exact) mass is 289 g/mol. The van der Waals surface area contributed by atoms with Gasteiger partial charge < -0.3 is 10.4 Å². The zero-order chi connectivity index (χ0) is 14.5. The van der Waals surface area contributed by atoms with E-state index in [9.17, 15) is 9.59 Å². The highest BCUT2D eigenvalue weighted by Crippen LogP contribution is 2.15. The van der Waals surface area contributed by atoms with Crippen LogP contribution in [0.25, 0.3) is 0 Å². The van der Waals surface area contributed by atoms with Crippen molar-refractivity contribution in [3.63, 3.8) is 0 Å². The number of hydrogen-bond donors (Lipinski definition) is 2. The summed E-state index contributed by atoms with van der Waals surface area (Å²) in [5.74, 6) is -1.01. The first-order valence-electron chi connectivity index (χ1n) is 6.19. The van der Waals surface area contributed by atoms with E-state index in [2.05, 4.69) is 5.32 Å². The molecule has 0 radical (unpaired) electrons. The van der Waals surface area contributed by atoms with Crippen LogP contribution in [0, 0.1) is 6.92 Å². The first kappa shape index (κ1) is 14.3. The van der Waals surface area contributed by atoms with Crippen molar-refractivity contribution in [2.45, 2.75) is 19.9 Å². The van der Waals surface area contributed by atoms with Crippen LogP contribution in [0.2, 0.25) is 0 Å². The van der Waals surface area contributed by atoms with E-state index < -0.39 is 5.97 Å². The minimum absolute atomic E-state index is 0.0375. The van der Waals surface area contributed by atoms with Crippen LogP contribution in [0.3, 0.4) is 0 Å². The molecule has 2 rings (SSSR count).